The summed E-state index contributed by atoms with van der Waals surface area (Å²) >= 11 is 1.56. The molecule has 1 atom stereocenters. The topological polar surface area (TPSA) is 62.2 Å². The Labute approximate surface area is 141 Å². The number of para-hydroxylation sites is 1. The summed E-state index contributed by atoms with van der Waals surface area (Å²) in [5, 5.41) is 14.0. The molecular formula is C18H24N2O2S. The number of aromatic nitrogens is 1. The number of fused-ring (bicyclic) bond motifs is 1. The highest BCUT2D eigenvalue weighted by atomic mass is 32.2. The normalized spacial score (nSPS) is 13.8. The number of rotatable bonds is 6. The first-order valence-electron chi connectivity index (χ1n) is 7.67. The van der Waals surface area contributed by atoms with Crippen LogP contribution in [0, 0.1) is 13.8 Å². The molecule has 0 saturated heterocycles. The van der Waals surface area contributed by atoms with Gasteiger partial charge in [-0.3, -0.25) is 9.78 Å². The number of nitrogens with one attached hydrogen (secondary N) is 1. The van der Waals surface area contributed by atoms with Crippen molar-refractivity contribution < 1.29 is 9.90 Å². The number of carbonyl (C=O) groups excluding carboxylic acids is 1. The molecular weight excluding hydrogens is 308 g/mol. The molecule has 2 N–H and O–H groups in total. The molecule has 1 amide bonds. The van der Waals surface area contributed by atoms with E-state index >= 15 is 0 Å². The Morgan fingerprint density at radius 3 is 2.74 bits per heavy atom. The van der Waals surface area contributed by atoms with E-state index in [-0.39, 0.29) is 18.9 Å². The minimum Gasteiger partial charge on any atom is -0.387 e. The van der Waals surface area contributed by atoms with E-state index in [1.807, 2.05) is 44.4 Å². The van der Waals surface area contributed by atoms with E-state index in [1.54, 1.807) is 18.7 Å². The van der Waals surface area contributed by atoms with E-state index in [1.165, 1.54) is 0 Å². The van der Waals surface area contributed by atoms with Crippen LogP contribution in [-0.2, 0) is 11.2 Å². The summed E-state index contributed by atoms with van der Waals surface area (Å²) in [5.74, 6) is 0.498. The first kappa shape index (κ1) is 17.8. The van der Waals surface area contributed by atoms with Gasteiger partial charge in [0, 0.05) is 23.4 Å². The van der Waals surface area contributed by atoms with E-state index in [0.29, 0.717) is 5.75 Å². The molecule has 1 heterocycles. The molecule has 0 aliphatic heterocycles. The van der Waals surface area contributed by atoms with E-state index in [9.17, 15) is 9.90 Å². The molecule has 5 heteroatoms. The predicted octanol–water partition coefficient (Wildman–Crippen LogP) is 2.62. The van der Waals surface area contributed by atoms with Gasteiger partial charge in [0.15, 0.2) is 0 Å². The highest BCUT2D eigenvalue weighted by molar-refractivity contribution is 7.98. The van der Waals surface area contributed by atoms with Gasteiger partial charge < -0.3 is 10.4 Å². The van der Waals surface area contributed by atoms with Gasteiger partial charge in [-0.25, -0.2) is 0 Å². The van der Waals surface area contributed by atoms with Gasteiger partial charge in [0.05, 0.1) is 17.5 Å². The Hall–Kier alpha value is -1.59. The lowest BCUT2D eigenvalue weighted by Crippen LogP contribution is -2.43. The summed E-state index contributed by atoms with van der Waals surface area (Å²) in [6, 6.07) is 7.96. The average Bonchev–Trinajstić information content (AvgIpc) is 2.49. The molecule has 4 nitrogen and oxygen atoms in total. The number of carbonyl (C=O) groups is 1. The van der Waals surface area contributed by atoms with Crippen molar-refractivity contribution in [1.29, 1.82) is 0 Å². The Kier molecular flexibility index (Phi) is 5.65. The van der Waals surface area contributed by atoms with Gasteiger partial charge in [-0.2, -0.15) is 11.8 Å². The number of nitrogens with zero attached hydrogens (tertiary/aromatic N) is 1. The first-order valence-corrected chi connectivity index (χ1v) is 9.06. The quantitative estimate of drug-likeness (QED) is 0.854. The molecule has 1 aromatic heterocycles. The van der Waals surface area contributed by atoms with Crippen LogP contribution in [0.25, 0.3) is 10.9 Å². The van der Waals surface area contributed by atoms with Crippen molar-refractivity contribution in [2.75, 3.05) is 18.6 Å². The van der Waals surface area contributed by atoms with Crippen LogP contribution in [0.15, 0.2) is 24.3 Å². The second-order valence-electron chi connectivity index (χ2n) is 6.20. The number of pyridine rings is 1. The van der Waals surface area contributed by atoms with E-state index in [4.69, 9.17) is 0 Å². The maximum atomic E-state index is 12.2. The maximum absolute atomic E-state index is 12.2. The molecule has 0 spiro atoms. The van der Waals surface area contributed by atoms with Crippen LogP contribution >= 0.6 is 11.8 Å². The van der Waals surface area contributed by atoms with Gasteiger partial charge in [-0.05, 0) is 44.2 Å². The maximum Gasteiger partial charge on any atom is 0.224 e. The number of thioether (sulfide) groups is 1. The summed E-state index contributed by atoms with van der Waals surface area (Å²) in [5.41, 5.74) is 3.01. The van der Waals surface area contributed by atoms with Gasteiger partial charge in [0.25, 0.3) is 0 Å². The molecule has 2 rings (SSSR count). The smallest absolute Gasteiger partial charge is 0.224 e. The van der Waals surface area contributed by atoms with Crippen molar-refractivity contribution in [2.45, 2.75) is 32.8 Å². The lowest BCUT2D eigenvalue weighted by Gasteiger charge is -2.22. The minimum absolute atomic E-state index is 0.0883. The van der Waals surface area contributed by atoms with Crippen LogP contribution < -0.4 is 5.32 Å². The molecule has 0 bridgehead atoms. The SMILES string of the molecule is CSCC(C)(O)CNC(=O)Cc1c(C)nc2ccccc2c1C. The molecule has 0 saturated carbocycles. The summed E-state index contributed by atoms with van der Waals surface area (Å²) in [6.07, 6.45) is 2.22. The van der Waals surface area contributed by atoms with E-state index < -0.39 is 5.60 Å². The molecule has 0 radical (unpaired) electrons. The molecule has 1 aromatic carbocycles. The molecule has 23 heavy (non-hydrogen) atoms. The second-order valence-corrected chi connectivity index (χ2v) is 7.07. The Balaban J connectivity index is 2.14. The fourth-order valence-electron chi connectivity index (χ4n) is 2.70. The number of hydrogen-bond donors (Lipinski definition) is 2. The highest BCUT2D eigenvalue weighted by Gasteiger charge is 2.21. The van der Waals surface area contributed by atoms with Crippen molar-refractivity contribution >= 4 is 28.6 Å². The number of amides is 1. The molecule has 0 aliphatic rings. The Bertz CT molecular complexity index is 713. The molecule has 1 unspecified atom stereocenters. The fourth-order valence-corrected chi connectivity index (χ4v) is 3.43. The second kappa shape index (κ2) is 7.32. The van der Waals surface area contributed by atoms with Gasteiger partial charge in [0.1, 0.15) is 0 Å². The van der Waals surface area contributed by atoms with Crippen molar-refractivity contribution in [3.63, 3.8) is 0 Å². The minimum atomic E-state index is -0.888. The molecule has 0 aliphatic carbocycles. The summed E-state index contributed by atoms with van der Waals surface area (Å²) in [6.45, 7) is 5.96. The van der Waals surface area contributed by atoms with Crippen molar-refractivity contribution in [3.05, 3.63) is 41.1 Å². The number of benzene rings is 1. The zero-order chi connectivity index (χ0) is 17.0. The molecule has 124 valence electrons. The molecule has 2 aromatic rings. The number of aliphatic hydroxyl groups is 1. The van der Waals surface area contributed by atoms with Gasteiger partial charge in [-0.15, -0.1) is 0 Å². The number of hydrogen-bond acceptors (Lipinski definition) is 4. The van der Waals surface area contributed by atoms with Crippen LogP contribution in [0.5, 0.6) is 0 Å². The predicted molar refractivity (Wildman–Crippen MR) is 96.9 cm³/mol. The van der Waals surface area contributed by atoms with Crippen LogP contribution in [0.1, 0.15) is 23.7 Å². The first-order chi connectivity index (χ1) is 10.8. The van der Waals surface area contributed by atoms with Crippen molar-refractivity contribution in [3.8, 4) is 0 Å². The average molecular weight is 332 g/mol. The zero-order valence-corrected chi connectivity index (χ0v) is 15.0. The monoisotopic (exact) mass is 332 g/mol. The van der Waals surface area contributed by atoms with Crippen LogP contribution in [0.4, 0.5) is 0 Å². The van der Waals surface area contributed by atoms with E-state index in [0.717, 1.165) is 27.7 Å². The third kappa shape index (κ3) is 4.45. The van der Waals surface area contributed by atoms with Gasteiger partial charge >= 0.3 is 0 Å². The van der Waals surface area contributed by atoms with Crippen LogP contribution in [0.2, 0.25) is 0 Å². The van der Waals surface area contributed by atoms with Gasteiger partial charge in [-0.1, -0.05) is 18.2 Å². The van der Waals surface area contributed by atoms with Crippen molar-refractivity contribution in [1.82, 2.24) is 10.3 Å². The standard InChI is InChI=1S/C18H24N2O2S/c1-12-14-7-5-6-8-16(14)20-13(2)15(12)9-17(21)19-10-18(3,22)11-23-4/h5-8,22H,9-11H2,1-4H3,(H,19,21). The molecule has 0 fully saturated rings. The summed E-state index contributed by atoms with van der Waals surface area (Å²) in [7, 11) is 0. The third-order valence-electron chi connectivity index (χ3n) is 3.94. The van der Waals surface area contributed by atoms with E-state index in [2.05, 4.69) is 10.3 Å². The fraction of sp³-hybridized carbons (Fsp3) is 0.444. The highest BCUT2D eigenvalue weighted by Crippen LogP contribution is 2.22. The third-order valence-corrected chi connectivity index (χ3v) is 4.86. The van der Waals surface area contributed by atoms with Crippen molar-refractivity contribution in [2.24, 2.45) is 0 Å². The Morgan fingerprint density at radius 2 is 2.04 bits per heavy atom. The Morgan fingerprint density at radius 1 is 1.35 bits per heavy atom. The zero-order valence-electron chi connectivity index (χ0n) is 14.1. The van der Waals surface area contributed by atoms with Gasteiger partial charge in [0.2, 0.25) is 5.91 Å². The summed E-state index contributed by atoms with van der Waals surface area (Å²) < 4.78 is 0. The van der Waals surface area contributed by atoms with Crippen LogP contribution in [-0.4, -0.2) is 40.2 Å². The summed E-state index contributed by atoms with van der Waals surface area (Å²) in [4.78, 5) is 16.8. The lowest BCUT2D eigenvalue weighted by molar-refractivity contribution is -0.121. The van der Waals surface area contributed by atoms with Crippen LogP contribution in [0.3, 0.4) is 0 Å². The largest absolute Gasteiger partial charge is 0.387 e. The number of aryl methyl sites for hydroxylation is 2. The lowest BCUT2D eigenvalue weighted by atomic mass is 9.99.